The second-order valence-electron chi connectivity index (χ2n) is 1.87. The number of hydrogen-bond acceptors (Lipinski definition) is 2. The van der Waals surface area contributed by atoms with Crippen LogP contribution in [-0.2, 0) is 0 Å². The van der Waals surface area contributed by atoms with Crippen LogP contribution in [-0.4, -0.2) is 5.66 Å². The molecular formula is C5H12N2. The molecule has 0 aliphatic heterocycles. The van der Waals surface area contributed by atoms with Crippen LogP contribution in [0.25, 0.3) is 0 Å². The molecule has 42 valence electrons. The average molecular weight is 100 g/mol. The third-order valence-electron chi connectivity index (χ3n) is 0.526. The summed E-state index contributed by atoms with van der Waals surface area (Å²) in [5, 5.41) is 0. The van der Waals surface area contributed by atoms with E-state index in [0.29, 0.717) is 0 Å². The topological polar surface area (TPSA) is 52.0 Å². The Bertz CT molecular complexity index is 68.6. The van der Waals surface area contributed by atoms with Crippen LogP contribution in [0.5, 0.6) is 0 Å². The van der Waals surface area contributed by atoms with Gasteiger partial charge in [0.05, 0.1) is 5.66 Å². The lowest BCUT2D eigenvalue weighted by Gasteiger charge is -2.10. The fourth-order valence-corrected chi connectivity index (χ4v) is 0.359. The molecule has 0 radical (unpaired) electrons. The van der Waals surface area contributed by atoms with E-state index in [4.69, 9.17) is 11.5 Å². The van der Waals surface area contributed by atoms with E-state index in [1.807, 2.05) is 13.0 Å². The van der Waals surface area contributed by atoms with Gasteiger partial charge >= 0.3 is 0 Å². The first-order chi connectivity index (χ1) is 3.06. The molecule has 4 N–H and O–H groups in total. The molecule has 0 atom stereocenters. The Labute approximate surface area is 44.2 Å². The van der Waals surface area contributed by atoms with E-state index in [1.165, 1.54) is 0 Å². The summed E-state index contributed by atoms with van der Waals surface area (Å²) in [6.45, 7) is 3.63. The van der Waals surface area contributed by atoms with Crippen molar-refractivity contribution in [1.82, 2.24) is 0 Å². The standard InChI is InChI=1S/C5H12N2/c1-3-4-5(2,6)7/h3-4H,6-7H2,1-2H3/b4-3+. The van der Waals surface area contributed by atoms with E-state index < -0.39 is 5.66 Å². The highest BCUT2D eigenvalue weighted by molar-refractivity contribution is 4.95. The lowest BCUT2D eigenvalue weighted by atomic mass is 10.2. The molecule has 0 saturated heterocycles. The van der Waals surface area contributed by atoms with Crippen LogP contribution >= 0.6 is 0 Å². The summed E-state index contributed by atoms with van der Waals surface area (Å²) in [6, 6.07) is 0. The van der Waals surface area contributed by atoms with Crippen molar-refractivity contribution >= 4 is 0 Å². The van der Waals surface area contributed by atoms with Crippen LogP contribution < -0.4 is 11.5 Å². The fourth-order valence-electron chi connectivity index (χ4n) is 0.359. The van der Waals surface area contributed by atoms with Gasteiger partial charge in [0.2, 0.25) is 0 Å². The van der Waals surface area contributed by atoms with Crippen molar-refractivity contribution in [2.75, 3.05) is 0 Å². The summed E-state index contributed by atoms with van der Waals surface area (Å²) < 4.78 is 0. The first-order valence-electron chi connectivity index (χ1n) is 2.28. The van der Waals surface area contributed by atoms with Crippen molar-refractivity contribution < 1.29 is 0 Å². The fraction of sp³-hybridized carbons (Fsp3) is 0.600. The molecule has 0 aliphatic carbocycles. The van der Waals surface area contributed by atoms with Crippen molar-refractivity contribution in [3.05, 3.63) is 12.2 Å². The highest BCUT2D eigenvalue weighted by Crippen LogP contribution is 1.87. The Morgan fingerprint density at radius 2 is 1.86 bits per heavy atom. The van der Waals surface area contributed by atoms with Crippen LogP contribution in [0.15, 0.2) is 12.2 Å². The summed E-state index contributed by atoms with van der Waals surface area (Å²) >= 11 is 0. The van der Waals surface area contributed by atoms with Crippen molar-refractivity contribution in [3.8, 4) is 0 Å². The van der Waals surface area contributed by atoms with E-state index in [0.717, 1.165) is 0 Å². The van der Waals surface area contributed by atoms with Gasteiger partial charge < -0.3 is 11.5 Å². The van der Waals surface area contributed by atoms with Crippen LogP contribution in [0.4, 0.5) is 0 Å². The largest absolute Gasteiger partial charge is 0.310 e. The van der Waals surface area contributed by atoms with E-state index >= 15 is 0 Å². The minimum absolute atomic E-state index is 0.630. The maximum Gasteiger partial charge on any atom is 0.0799 e. The molecule has 0 saturated carbocycles. The molecule has 0 aromatic carbocycles. The number of allylic oxidation sites excluding steroid dienone is 1. The van der Waals surface area contributed by atoms with Crippen LogP contribution in [0.2, 0.25) is 0 Å². The van der Waals surface area contributed by atoms with Gasteiger partial charge in [0.1, 0.15) is 0 Å². The Balaban J connectivity index is 3.56. The van der Waals surface area contributed by atoms with Crippen LogP contribution in [0.3, 0.4) is 0 Å². The van der Waals surface area contributed by atoms with Gasteiger partial charge in [-0.1, -0.05) is 12.2 Å². The molecule has 0 rings (SSSR count). The maximum absolute atomic E-state index is 5.34. The Morgan fingerprint density at radius 1 is 1.43 bits per heavy atom. The van der Waals surface area contributed by atoms with Crippen molar-refractivity contribution in [3.63, 3.8) is 0 Å². The lowest BCUT2D eigenvalue weighted by Crippen LogP contribution is -2.43. The zero-order valence-corrected chi connectivity index (χ0v) is 4.81. The molecular weight excluding hydrogens is 88.1 g/mol. The number of nitrogens with two attached hydrogens (primary N) is 2. The van der Waals surface area contributed by atoms with Gasteiger partial charge in [-0.3, -0.25) is 0 Å². The molecule has 2 nitrogen and oxygen atoms in total. The lowest BCUT2D eigenvalue weighted by molar-refractivity contribution is 0.616. The van der Waals surface area contributed by atoms with E-state index in [9.17, 15) is 0 Å². The van der Waals surface area contributed by atoms with Gasteiger partial charge in [0.25, 0.3) is 0 Å². The Kier molecular flexibility index (Phi) is 1.99. The van der Waals surface area contributed by atoms with Crippen molar-refractivity contribution in [1.29, 1.82) is 0 Å². The normalized spacial score (nSPS) is 13.1. The van der Waals surface area contributed by atoms with Gasteiger partial charge in [0.15, 0.2) is 0 Å². The van der Waals surface area contributed by atoms with Gasteiger partial charge in [-0.2, -0.15) is 0 Å². The van der Waals surface area contributed by atoms with Gasteiger partial charge in [-0.15, -0.1) is 0 Å². The SMILES string of the molecule is C/C=C/C(C)(N)N. The first-order valence-corrected chi connectivity index (χ1v) is 2.28. The predicted molar refractivity (Wildman–Crippen MR) is 31.6 cm³/mol. The van der Waals surface area contributed by atoms with Crippen LogP contribution in [0, 0.1) is 0 Å². The Hall–Kier alpha value is -0.340. The highest BCUT2D eigenvalue weighted by Gasteiger charge is 2.01. The smallest absolute Gasteiger partial charge is 0.0799 e. The third kappa shape index (κ3) is 5.66. The minimum Gasteiger partial charge on any atom is -0.310 e. The van der Waals surface area contributed by atoms with E-state index in [2.05, 4.69) is 0 Å². The molecule has 7 heavy (non-hydrogen) atoms. The molecule has 0 spiro atoms. The minimum atomic E-state index is -0.630. The Morgan fingerprint density at radius 3 is 1.86 bits per heavy atom. The van der Waals surface area contributed by atoms with Crippen molar-refractivity contribution in [2.24, 2.45) is 11.5 Å². The molecule has 0 bridgehead atoms. The van der Waals surface area contributed by atoms with Crippen LogP contribution in [0.1, 0.15) is 13.8 Å². The zero-order chi connectivity index (χ0) is 5.91. The summed E-state index contributed by atoms with van der Waals surface area (Å²) in [5.41, 5.74) is 10.0. The highest BCUT2D eigenvalue weighted by atomic mass is 14.9. The zero-order valence-electron chi connectivity index (χ0n) is 4.81. The van der Waals surface area contributed by atoms with Gasteiger partial charge in [-0.25, -0.2) is 0 Å². The molecule has 0 aromatic rings. The summed E-state index contributed by atoms with van der Waals surface area (Å²) in [6.07, 6.45) is 3.58. The first kappa shape index (κ1) is 6.66. The quantitative estimate of drug-likeness (QED) is 0.365. The predicted octanol–water partition coefficient (Wildman–Crippen LogP) is 0.196. The van der Waals surface area contributed by atoms with Gasteiger partial charge in [-0.05, 0) is 13.8 Å². The molecule has 0 aromatic heterocycles. The van der Waals surface area contributed by atoms with Crippen molar-refractivity contribution in [2.45, 2.75) is 19.5 Å². The molecule has 2 heteroatoms. The number of hydrogen-bond donors (Lipinski definition) is 2. The molecule has 0 unspecified atom stereocenters. The number of rotatable bonds is 1. The molecule has 0 fully saturated rings. The average Bonchev–Trinajstić information content (AvgIpc) is 1.30. The maximum atomic E-state index is 5.34. The molecule has 0 aliphatic rings. The third-order valence-corrected chi connectivity index (χ3v) is 0.526. The monoisotopic (exact) mass is 100 g/mol. The summed E-state index contributed by atoms with van der Waals surface area (Å²) in [4.78, 5) is 0. The summed E-state index contributed by atoms with van der Waals surface area (Å²) in [7, 11) is 0. The summed E-state index contributed by atoms with van der Waals surface area (Å²) in [5.74, 6) is 0. The second-order valence-corrected chi connectivity index (χ2v) is 1.87. The second kappa shape index (κ2) is 2.09. The molecule has 0 amide bonds. The van der Waals surface area contributed by atoms with E-state index in [-0.39, 0.29) is 0 Å². The van der Waals surface area contributed by atoms with Gasteiger partial charge in [0, 0.05) is 0 Å². The van der Waals surface area contributed by atoms with E-state index in [1.54, 1.807) is 13.0 Å². The molecule has 0 heterocycles.